The second-order valence-corrected chi connectivity index (χ2v) is 6.80. The summed E-state index contributed by atoms with van der Waals surface area (Å²) in [6.45, 7) is 4.69. The Hall–Kier alpha value is -2.14. The van der Waals surface area contributed by atoms with Crippen LogP contribution in [0, 0.1) is 5.92 Å². The minimum Gasteiger partial charge on any atom is -0.492 e. The van der Waals surface area contributed by atoms with Crippen LogP contribution in [0.2, 0.25) is 0 Å². The van der Waals surface area contributed by atoms with Gasteiger partial charge in [-0.1, -0.05) is 13.3 Å². The predicted octanol–water partition coefficient (Wildman–Crippen LogP) is 4.17. The van der Waals surface area contributed by atoms with Crippen molar-refractivity contribution in [2.24, 2.45) is 5.92 Å². The lowest BCUT2D eigenvalue weighted by Crippen LogP contribution is -2.47. The molecular formula is C20H26N2O3. The monoisotopic (exact) mass is 342 g/mol. The molecule has 1 N–H and O–H groups in total. The van der Waals surface area contributed by atoms with Gasteiger partial charge in [0.25, 0.3) is 5.91 Å². The van der Waals surface area contributed by atoms with Crippen LogP contribution in [0.15, 0.2) is 30.5 Å². The van der Waals surface area contributed by atoms with Gasteiger partial charge in [-0.15, -0.1) is 0 Å². The van der Waals surface area contributed by atoms with Gasteiger partial charge in [-0.2, -0.15) is 0 Å². The first-order valence-electron chi connectivity index (χ1n) is 8.97. The molecule has 1 amide bonds. The van der Waals surface area contributed by atoms with Crippen LogP contribution in [-0.2, 0) is 9.53 Å². The first kappa shape index (κ1) is 17.7. The largest absolute Gasteiger partial charge is 0.492 e. The highest BCUT2D eigenvalue weighted by Gasteiger charge is 2.42. The zero-order valence-corrected chi connectivity index (χ0v) is 15.2. The molecular weight excluding hydrogens is 316 g/mol. The molecule has 1 saturated carbocycles. The fourth-order valence-corrected chi connectivity index (χ4v) is 3.75. The number of hydrogen-bond acceptors (Lipinski definition) is 4. The van der Waals surface area contributed by atoms with E-state index in [1.807, 2.05) is 31.2 Å². The number of nitrogens with zero attached hydrogens (tertiary/aromatic N) is 1. The minimum absolute atomic E-state index is 0.0733. The lowest BCUT2D eigenvalue weighted by atomic mass is 9.78. The summed E-state index contributed by atoms with van der Waals surface area (Å²) < 4.78 is 11.4. The van der Waals surface area contributed by atoms with Gasteiger partial charge in [0.05, 0.1) is 12.3 Å². The third-order valence-electron chi connectivity index (χ3n) is 5.04. The number of pyridine rings is 1. The molecule has 1 fully saturated rings. The highest BCUT2D eigenvalue weighted by molar-refractivity contribution is 6.05. The van der Waals surface area contributed by atoms with Crippen LogP contribution in [0.5, 0.6) is 5.75 Å². The van der Waals surface area contributed by atoms with Crippen LogP contribution in [0.1, 0.15) is 39.5 Å². The van der Waals surface area contributed by atoms with Gasteiger partial charge < -0.3 is 14.8 Å². The highest BCUT2D eigenvalue weighted by Crippen LogP contribution is 2.37. The lowest BCUT2D eigenvalue weighted by molar-refractivity contribution is -0.143. The van der Waals surface area contributed by atoms with Crippen molar-refractivity contribution < 1.29 is 14.3 Å². The van der Waals surface area contributed by atoms with E-state index in [1.165, 1.54) is 0 Å². The number of ether oxygens (including phenoxy) is 2. The van der Waals surface area contributed by atoms with E-state index in [2.05, 4.69) is 17.2 Å². The number of aromatic nitrogens is 1. The number of carbonyl (C=O) groups is 1. The van der Waals surface area contributed by atoms with Crippen molar-refractivity contribution in [3.05, 3.63) is 30.5 Å². The maximum Gasteiger partial charge on any atom is 0.256 e. The van der Waals surface area contributed by atoms with Crippen LogP contribution in [0.25, 0.3) is 10.9 Å². The number of carbonyl (C=O) groups excluding carboxylic acids is 1. The molecule has 3 rings (SSSR count). The molecule has 5 nitrogen and oxygen atoms in total. The standard InChI is InChI=1S/C20H26N2O3/c1-4-25-17-10-9-16(15-8-6-12-21-18(15)17)22-19(23)20(24-3)11-5-7-14(2)13-20/h6,8-10,12,14H,4-5,7,11,13H2,1-3H3,(H,22,23)/t14-,20+/m1/s1. The molecule has 0 bridgehead atoms. The van der Waals surface area contributed by atoms with Crippen molar-refractivity contribution in [1.29, 1.82) is 0 Å². The Morgan fingerprint density at radius 1 is 1.40 bits per heavy atom. The van der Waals surface area contributed by atoms with Gasteiger partial charge in [0.15, 0.2) is 0 Å². The zero-order chi connectivity index (χ0) is 17.9. The van der Waals surface area contributed by atoms with E-state index < -0.39 is 5.60 Å². The van der Waals surface area contributed by atoms with Crippen molar-refractivity contribution in [3.8, 4) is 5.75 Å². The van der Waals surface area contributed by atoms with Gasteiger partial charge >= 0.3 is 0 Å². The van der Waals surface area contributed by atoms with Crippen LogP contribution < -0.4 is 10.1 Å². The lowest BCUT2D eigenvalue weighted by Gasteiger charge is -2.37. The molecule has 1 aliphatic rings. The molecule has 2 atom stereocenters. The quantitative estimate of drug-likeness (QED) is 0.886. The van der Waals surface area contributed by atoms with Gasteiger partial charge in [0.2, 0.25) is 0 Å². The first-order valence-corrected chi connectivity index (χ1v) is 8.97. The highest BCUT2D eigenvalue weighted by atomic mass is 16.5. The van der Waals surface area contributed by atoms with Crippen molar-refractivity contribution in [2.45, 2.75) is 45.1 Å². The molecule has 0 spiro atoms. The van der Waals surface area contributed by atoms with Crippen molar-refractivity contribution in [2.75, 3.05) is 19.0 Å². The first-order chi connectivity index (χ1) is 12.1. The molecule has 1 aromatic carbocycles. The third-order valence-corrected chi connectivity index (χ3v) is 5.04. The number of methoxy groups -OCH3 is 1. The predicted molar refractivity (Wildman–Crippen MR) is 98.9 cm³/mol. The number of fused-ring (bicyclic) bond motifs is 1. The van der Waals surface area contributed by atoms with Crippen LogP contribution >= 0.6 is 0 Å². The number of hydrogen-bond donors (Lipinski definition) is 1. The molecule has 0 radical (unpaired) electrons. The maximum absolute atomic E-state index is 13.0. The minimum atomic E-state index is -0.745. The molecule has 0 unspecified atom stereocenters. The number of nitrogens with one attached hydrogen (secondary N) is 1. The maximum atomic E-state index is 13.0. The van der Waals surface area contributed by atoms with Gasteiger partial charge in [-0.25, -0.2) is 0 Å². The summed E-state index contributed by atoms with van der Waals surface area (Å²) in [4.78, 5) is 17.5. The fourth-order valence-electron chi connectivity index (χ4n) is 3.75. The van der Waals surface area contributed by atoms with E-state index in [0.29, 0.717) is 12.5 Å². The Kier molecular flexibility index (Phi) is 5.23. The molecule has 0 saturated heterocycles. The van der Waals surface area contributed by atoms with E-state index in [-0.39, 0.29) is 5.91 Å². The summed E-state index contributed by atoms with van der Waals surface area (Å²) >= 11 is 0. The summed E-state index contributed by atoms with van der Waals surface area (Å²) in [6, 6.07) is 7.55. The van der Waals surface area contributed by atoms with Crippen LogP contribution in [0.3, 0.4) is 0 Å². The topological polar surface area (TPSA) is 60.5 Å². The average Bonchev–Trinajstić information content (AvgIpc) is 2.63. The zero-order valence-electron chi connectivity index (χ0n) is 15.2. The number of amides is 1. The second kappa shape index (κ2) is 7.40. The normalized spacial score (nSPS) is 23.4. The summed E-state index contributed by atoms with van der Waals surface area (Å²) in [5.41, 5.74) is 0.752. The molecule has 1 heterocycles. The van der Waals surface area contributed by atoms with Gasteiger partial charge in [0, 0.05) is 18.7 Å². The second-order valence-electron chi connectivity index (χ2n) is 6.80. The molecule has 1 aromatic heterocycles. The number of anilines is 1. The molecule has 134 valence electrons. The Morgan fingerprint density at radius 2 is 2.24 bits per heavy atom. The Balaban J connectivity index is 1.92. The van der Waals surface area contributed by atoms with Crippen LogP contribution in [-0.4, -0.2) is 30.2 Å². The van der Waals surface area contributed by atoms with Crippen molar-refractivity contribution in [3.63, 3.8) is 0 Å². The fraction of sp³-hybridized carbons (Fsp3) is 0.500. The van der Waals surface area contributed by atoms with Crippen molar-refractivity contribution >= 4 is 22.5 Å². The van der Waals surface area contributed by atoms with E-state index in [0.717, 1.165) is 48.0 Å². The number of rotatable bonds is 5. The van der Waals surface area contributed by atoms with E-state index in [9.17, 15) is 4.79 Å². The van der Waals surface area contributed by atoms with Crippen LogP contribution in [0.4, 0.5) is 5.69 Å². The van der Waals surface area contributed by atoms with E-state index in [4.69, 9.17) is 9.47 Å². The average molecular weight is 342 g/mol. The Labute approximate surface area is 148 Å². The van der Waals surface area contributed by atoms with Gasteiger partial charge in [-0.05, 0) is 56.4 Å². The molecule has 5 heteroatoms. The summed E-state index contributed by atoms with van der Waals surface area (Å²) in [7, 11) is 1.63. The Bertz CT molecular complexity index is 762. The molecule has 0 aliphatic heterocycles. The van der Waals surface area contributed by atoms with Gasteiger partial charge in [0.1, 0.15) is 16.9 Å². The smallest absolute Gasteiger partial charge is 0.256 e. The molecule has 1 aliphatic carbocycles. The number of benzene rings is 1. The molecule has 2 aromatic rings. The molecule has 25 heavy (non-hydrogen) atoms. The summed E-state index contributed by atoms with van der Waals surface area (Å²) in [5, 5.41) is 3.95. The SMILES string of the molecule is CCOc1ccc(NC(=O)[C@]2(OC)CCC[C@@H](C)C2)c2cccnc12. The Morgan fingerprint density at radius 3 is 2.96 bits per heavy atom. The van der Waals surface area contributed by atoms with Crippen molar-refractivity contribution in [1.82, 2.24) is 4.98 Å². The van der Waals surface area contributed by atoms with E-state index in [1.54, 1.807) is 13.3 Å². The van der Waals surface area contributed by atoms with E-state index >= 15 is 0 Å². The summed E-state index contributed by atoms with van der Waals surface area (Å²) in [5.74, 6) is 1.14. The third kappa shape index (κ3) is 3.47. The summed E-state index contributed by atoms with van der Waals surface area (Å²) in [6.07, 6.45) is 5.40. The van der Waals surface area contributed by atoms with Gasteiger partial charge in [-0.3, -0.25) is 9.78 Å².